The predicted octanol–water partition coefficient (Wildman–Crippen LogP) is 1.94. The van der Waals surface area contributed by atoms with Crippen molar-refractivity contribution in [2.45, 2.75) is 60.2 Å². The van der Waals surface area contributed by atoms with Gasteiger partial charge in [-0.3, -0.25) is 13.8 Å². The molecular formula is C23H35NO9S. The van der Waals surface area contributed by atoms with Gasteiger partial charge in [0.05, 0.1) is 12.4 Å². The maximum atomic E-state index is 12.4. The molecule has 10 nitrogen and oxygen atoms in total. The fraction of sp³-hybridized carbons (Fsp3) is 0.609. The number of aliphatic hydroxyl groups excluding tert-OH is 1. The Morgan fingerprint density at radius 3 is 2.41 bits per heavy atom. The number of hydrogen-bond acceptors (Lipinski definition) is 9. The molecule has 0 bridgehead atoms. The minimum Gasteiger partial charge on any atom is -0.459 e. The number of nitrogens with one attached hydrogen (secondary N) is 1. The van der Waals surface area contributed by atoms with Gasteiger partial charge in [-0.2, -0.15) is 8.42 Å². The van der Waals surface area contributed by atoms with E-state index in [2.05, 4.69) is 5.32 Å². The molecule has 1 atom stereocenters. The van der Waals surface area contributed by atoms with Crippen molar-refractivity contribution in [3.05, 3.63) is 29.8 Å². The zero-order valence-electron chi connectivity index (χ0n) is 20.3. The summed E-state index contributed by atoms with van der Waals surface area (Å²) in [5, 5.41) is 12.9. The van der Waals surface area contributed by atoms with Crippen LogP contribution in [0.2, 0.25) is 0 Å². The molecule has 11 heteroatoms. The Bertz CT molecular complexity index is 942. The summed E-state index contributed by atoms with van der Waals surface area (Å²) in [7, 11) is -3.92. The van der Waals surface area contributed by atoms with Crippen LogP contribution in [0.15, 0.2) is 24.3 Å². The Labute approximate surface area is 201 Å². The second-order valence-electron chi connectivity index (χ2n) is 9.04. The number of amides is 1. The van der Waals surface area contributed by atoms with E-state index >= 15 is 0 Å². The largest absolute Gasteiger partial charge is 0.459 e. The molecular weight excluding hydrogens is 466 g/mol. The lowest BCUT2D eigenvalue weighted by Gasteiger charge is -2.28. The monoisotopic (exact) mass is 501 g/mol. The lowest BCUT2D eigenvalue weighted by atomic mass is 9.88. The van der Waals surface area contributed by atoms with Crippen molar-refractivity contribution in [1.82, 2.24) is 5.32 Å². The van der Waals surface area contributed by atoms with Crippen LogP contribution >= 0.6 is 0 Å². The van der Waals surface area contributed by atoms with Crippen LogP contribution in [0.3, 0.4) is 0 Å². The van der Waals surface area contributed by atoms with E-state index < -0.39 is 40.2 Å². The highest BCUT2D eigenvalue weighted by molar-refractivity contribution is 7.86. The van der Waals surface area contributed by atoms with E-state index in [0.29, 0.717) is 5.56 Å². The zero-order valence-corrected chi connectivity index (χ0v) is 21.1. The number of carbonyl (C=O) groups excluding carboxylic acids is 3. The molecule has 0 heterocycles. The molecule has 1 aromatic rings. The molecule has 1 amide bonds. The third-order valence-corrected chi connectivity index (χ3v) is 5.93. The average molecular weight is 502 g/mol. The summed E-state index contributed by atoms with van der Waals surface area (Å²) in [6, 6.07) is 6.56. The van der Waals surface area contributed by atoms with Gasteiger partial charge in [-0.15, -0.1) is 0 Å². The van der Waals surface area contributed by atoms with Gasteiger partial charge >= 0.3 is 11.9 Å². The molecule has 0 saturated heterocycles. The molecule has 0 unspecified atom stereocenters. The Kier molecular flexibility index (Phi) is 11.6. The number of esters is 2. The predicted molar refractivity (Wildman–Crippen MR) is 124 cm³/mol. The van der Waals surface area contributed by atoms with E-state index in [1.807, 2.05) is 13.8 Å². The Balaban J connectivity index is 2.64. The highest BCUT2D eigenvalue weighted by Crippen LogP contribution is 2.25. The van der Waals surface area contributed by atoms with Crippen LogP contribution in [0.25, 0.3) is 0 Å². The Hall–Kier alpha value is -2.50. The van der Waals surface area contributed by atoms with Crippen LogP contribution in [0.5, 0.6) is 5.75 Å². The van der Waals surface area contributed by atoms with Crippen molar-refractivity contribution in [1.29, 1.82) is 0 Å². The van der Waals surface area contributed by atoms with Gasteiger partial charge in [-0.1, -0.05) is 45.9 Å². The zero-order chi connectivity index (χ0) is 25.9. The van der Waals surface area contributed by atoms with Gasteiger partial charge in [0, 0.05) is 30.9 Å². The highest BCUT2D eigenvalue weighted by atomic mass is 32.2. The maximum Gasteiger partial charge on any atom is 0.335 e. The van der Waals surface area contributed by atoms with Crippen LogP contribution in [-0.4, -0.2) is 56.4 Å². The molecule has 0 saturated carbocycles. The van der Waals surface area contributed by atoms with Gasteiger partial charge in [0.25, 0.3) is 10.1 Å². The van der Waals surface area contributed by atoms with Crippen molar-refractivity contribution >= 4 is 28.0 Å². The first kappa shape index (κ1) is 29.5. The SMILES string of the molecule is CC(=O)NCCCS(=O)(=O)OCC(C)(C)[C@@H](O)C(=O)OCc1ccccc1OC(=O)CC(C)C. The third kappa shape index (κ3) is 11.1. The fourth-order valence-electron chi connectivity index (χ4n) is 2.66. The molecule has 192 valence electrons. The van der Waals surface area contributed by atoms with Crippen molar-refractivity contribution in [2.24, 2.45) is 11.3 Å². The molecule has 0 fully saturated rings. The minimum atomic E-state index is -3.92. The Morgan fingerprint density at radius 1 is 1.15 bits per heavy atom. The van der Waals surface area contributed by atoms with Gasteiger partial charge < -0.3 is 19.9 Å². The molecule has 0 aliphatic carbocycles. The van der Waals surface area contributed by atoms with Crippen molar-refractivity contribution in [3.8, 4) is 5.75 Å². The maximum absolute atomic E-state index is 12.4. The number of ether oxygens (including phenoxy) is 2. The first-order valence-corrected chi connectivity index (χ1v) is 12.6. The summed E-state index contributed by atoms with van der Waals surface area (Å²) in [4.78, 5) is 35.2. The number of benzene rings is 1. The Morgan fingerprint density at radius 2 is 1.79 bits per heavy atom. The molecule has 0 aromatic heterocycles. The van der Waals surface area contributed by atoms with Crippen LogP contribution in [-0.2, 0) is 40.0 Å². The summed E-state index contributed by atoms with van der Waals surface area (Å²) in [5.41, 5.74) is -0.832. The van der Waals surface area contributed by atoms with Gasteiger partial charge in [0.1, 0.15) is 12.4 Å². The lowest BCUT2D eigenvalue weighted by molar-refractivity contribution is -0.162. The molecule has 1 rings (SSSR count). The van der Waals surface area contributed by atoms with Crippen LogP contribution in [0.4, 0.5) is 0 Å². The summed E-state index contributed by atoms with van der Waals surface area (Å²) in [5.74, 6) is -1.60. The van der Waals surface area contributed by atoms with Crippen molar-refractivity contribution in [3.63, 3.8) is 0 Å². The van der Waals surface area contributed by atoms with Crippen molar-refractivity contribution in [2.75, 3.05) is 18.9 Å². The van der Waals surface area contributed by atoms with E-state index in [1.165, 1.54) is 20.8 Å². The molecule has 0 aliphatic heterocycles. The average Bonchev–Trinajstić information content (AvgIpc) is 2.73. The van der Waals surface area contributed by atoms with E-state index in [9.17, 15) is 27.9 Å². The summed E-state index contributed by atoms with van der Waals surface area (Å²) in [6.45, 7) is 7.52. The van der Waals surface area contributed by atoms with E-state index in [0.717, 1.165) is 0 Å². The summed E-state index contributed by atoms with van der Waals surface area (Å²) in [6.07, 6.45) is -1.27. The van der Waals surface area contributed by atoms with Crippen LogP contribution in [0.1, 0.15) is 53.0 Å². The molecule has 0 aliphatic rings. The number of carbonyl (C=O) groups is 3. The molecule has 0 radical (unpaired) electrons. The van der Waals surface area contributed by atoms with Gasteiger partial charge in [0.15, 0.2) is 6.10 Å². The second kappa shape index (κ2) is 13.4. The second-order valence-corrected chi connectivity index (χ2v) is 10.8. The van der Waals surface area contributed by atoms with E-state index in [4.69, 9.17) is 13.7 Å². The molecule has 0 spiro atoms. The highest BCUT2D eigenvalue weighted by Gasteiger charge is 2.36. The number of hydrogen-bond donors (Lipinski definition) is 2. The topological polar surface area (TPSA) is 145 Å². The minimum absolute atomic E-state index is 0.123. The summed E-state index contributed by atoms with van der Waals surface area (Å²) >= 11 is 0. The smallest absolute Gasteiger partial charge is 0.335 e. The standard InChI is InChI=1S/C23H35NO9S/c1-16(2)13-20(26)33-19-10-7-6-9-18(19)14-31-22(28)21(27)23(4,5)15-32-34(29,30)12-8-11-24-17(3)25/h6-7,9-10,16,21,27H,8,11-15H2,1-5H3,(H,24,25)/t21-/m0/s1. The van der Waals surface area contributed by atoms with Crippen LogP contribution in [0, 0.1) is 11.3 Å². The third-order valence-electron chi connectivity index (χ3n) is 4.66. The van der Waals surface area contributed by atoms with E-state index in [1.54, 1.807) is 24.3 Å². The molecule has 34 heavy (non-hydrogen) atoms. The molecule has 2 N–H and O–H groups in total. The van der Waals surface area contributed by atoms with Gasteiger partial charge in [-0.25, -0.2) is 4.79 Å². The number of rotatable bonds is 14. The first-order chi connectivity index (χ1) is 15.7. The number of para-hydroxylation sites is 1. The van der Waals surface area contributed by atoms with Crippen LogP contribution < -0.4 is 10.1 Å². The molecule has 1 aromatic carbocycles. The summed E-state index contributed by atoms with van der Waals surface area (Å²) < 4.78 is 39.6. The van der Waals surface area contributed by atoms with Gasteiger partial charge in [0.2, 0.25) is 5.91 Å². The normalized spacial score (nSPS) is 12.8. The van der Waals surface area contributed by atoms with Gasteiger partial charge in [-0.05, 0) is 18.4 Å². The van der Waals surface area contributed by atoms with Crippen molar-refractivity contribution < 1.29 is 41.6 Å². The fourth-order valence-corrected chi connectivity index (χ4v) is 3.76. The lowest BCUT2D eigenvalue weighted by Crippen LogP contribution is -2.41. The quantitative estimate of drug-likeness (QED) is 0.169. The number of aliphatic hydroxyl groups is 1. The van der Waals surface area contributed by atoms with E-state index in [-0.39, 0.29) is 49.3 Å². The first-order valence-electron chi connectivity index (χ1n) is 11.0.